The molecule has 0 N–H and O–H groups in total. The van der Waals surface area contributed by atoms with Gasteiger partial charge in [0, 0.05) is 12.3 Å². The van der Waals surface area contributed by atoms with Crippen LogP contribution in [0, 0.1) is 0 Å². The maximum absolute atomic E-state index is 5.69. The van der Waals surface area contributed by atoms with Crippen LogP contribution in [0.5, 0.6) is 11.5 Å². The van der Waals surface area contributed by atoms with E-state index in [-0.39, 0.29) is 0 Å². The SMILES string of the molecule is COc1ccc(OCN2CCCCS2)cc1. The summed E-state index contributed by atoms with van der Waals surface area (Å²) in [6.07, 6.45) is 2.60. The number of benzene rings is 1. The standard InChI is InChI=1S/C12H17NO2S/c1-14-11-4-6-12(7-5-11)15-10-13-8-2-3-9-16-13/h4-7H,2-3,8-10H2,1H3. The molecule has 0 aromatic heterocycles. The van der Waals surface area contributed by atoms with Crippen molar-refractivity contribution >= 4 is 11.9 Å². The molecule has 16 heavy (non-hydrogen) atoms. The highest BCUT2D eigenvalue weighted by molar-refractivity contribution is 7.97. The van der Waals surface area contributed by atoms with Gasteiger partial charge < -0.3 is 9.47 Å². The maximum Gasteiger partial charge on any atom is 0.150 e. The number of nitrogens with zero attached hydrogens (tertiary/aromatic N) is 1. The monoisotopic (exact) mass is 239 g/mol. The molecule has 0 atom stereocenters. The molecule has 1 heterocycles. The van der Waals surface area contributed by atoms with Crippen molar-refractivity contribution in [3.05, 3.63) is 24.3 Å². The summed E-state index contributed by atoms with van der Waals surface area (Å²) in [6.45, 7) is 1.79. The van der Waals surface area contributed by atoms with E-state index >= 15 is 0 Å². The first kappa shape index (κ1) is 11.6. The third-order valence-electron chi connectivity index (χ3n) is 2.51. The zero-order valence-electron chi connectivity index (χ0n) is 9.52. The molecule has 1 aromatic carbocycles. The van der Waals surface area contributed by atoms with Crippen LogP contribution in [-0.2, 0) is 0 Å². The van der Waals surface area contributed by atoms with E-state index in [4.69, 9.17) is 9.47 Å². The predicted octanol–water partition coefficient (Wildman–Crippen LogP) is 2.78. The van der Waals surface area contributed by atoms with E-state index in [0.29, 0.717) is 6.73 Å². The molecule has 0 bridgehead atoms. The summed E-state index contributed by atoms with van der Waals surface area (Å²) in [4.78, 5) is 0. The van der Waals surface area contributed by atoms with Crippen LogP contribution < -0.4 is 9.47 Å². The number of hydrogen-bond acceptors (Lipinski definition) is 4. The van der Waals surface area contributed by atoms with Crippen molar-refractivity contribution in [3.63, 3.8) is 0 Å². The first-order valence-electron chi connectivity index (χ1n) is 5.53. The van der Waals surface area contributed by atoms with Crippen LogP contribution in [0.3, 0.4) is 0 Å². The van der Waals surface area contributed by atoms with Crippen molar-refractivity contribution in [2.24, 2.45) is 0 Å². The molecule has 0 amide bonds. The molecule has 1 saturated heterocycles. The molecule has 0 radical (unpaired) electrons. The first-order chi connectivity index (χ1) is 7.88. The topological polar surface area (TPSA) is 21.7 Å². The van der Waals surface area contributed by atoms with Gasteiger partial charge in [-0.05, 0) is 37.1 Å². The van der Waals surface area contributed by atoms with Crippen LogP contribution in [0.4, 0.5) is 0 Å². The Balaban J connectivity index is 1.79. The average Bonchev–Trinajstić information content (AvgIpc) is 2.38. The van der Waals surface area contributed by atoms with Crippen molar-refractivity contribution < 1.29 is 9.47 Å². The van der Waals surface area contributed by atoms with Gasteiger partial charge in [0.25, 0.3) is 0 Å². The molecule has 3 nitrogen and oxygen atoms in total. The van der Waals surface area contributed by atoms with Crippen LogP contribution in [0.25, 0.3) is 0 Å². The Labute approximate surface area is 101 Å². The van der Waals surface area contributed by atoms with E-state index in [2.05, 4.69) is 4.31 Å². The number of methoxy groups -OCH3 is 1. The molecule has 1 aliphatic heterocycles. The Kier molecular flexibility index (Phi) is 4.36. The second-order valence-electron chi connectivity index (χ2n) is 3.69. The van der Waals surface area contributed by atoms with Crippen LogP contribution in [0.1, 0.15) is 12.8 Å². The fraction of sp³-hybridized carbons (Fsp3) is 0.500. The van der Waals surface area contributed by atoms with Crippen molar-refractivity contribution in [2.75, 3.05) is 26.1 Å². The lowest BCUT2D eigenvalue weighted by Crippen LogP contribution is -2.26. The Hall–Kier alpha value is -0.870. The fourth-order valence-corrected chi connectivity index (χ4v) is 2.55. The lowest BCUT2D eigenvalue weighted by Gasteiger charge is -2.24. The van der Waals surface area contributed by atoms with Crippen molar-refractivity contribution in [2.45, 2.75) is 12.8 Å². The molecule has 4 heteroatoms. The van der Waals surface area contributed by atoms with Gasteiger partial charge in [-0.15, -0.1) is 0 Å². The van der Waals surface area contributed by atoms with Gasteiger partial charge in [0.2, 0.25) is 0 Å². The third-order valence-corrected chi connectivity index (χ3v) is 3.63. The van der Waals surface area contributed by atoms with Gasteiger partial charge in [-0.2, -0.15) is 0 Å². The van der Waals surface area contributed by atoms with E-state index in [1.54, 1.807) is 7.11 Å². The van der Waals surface area contributed by atoms with Gasteiger partial charge in [-0.25, -0.2) is 4.31 Å². The van der Waals surface area contributed by atoms with Crippen LogP contribution in [-0.4, -0.2) is 30.4 Å². The smallest absolute Gasteiger partial charge is 0.150 e. The van der Waals surface area contributed by atoms with E-state index in [0.717, 1.165) is 18.0 Å². The zero-order valence-corrected chi connectivity index (χ0v) is 10.3. The molecular weight excluding hydrogens is 222 g/mol. The number of ether oxygens (including phenoxy) is 2. The minimum absolute atomic E-state index is 0.664. The van der Waals surface area contributed by atoms with Crippen LogP contribution in [0.15, 0.2) is 24.3 Å². The lowest BCUT2D eigenvalue weighted by molar-refractivity contribution is 0.207. The summed E-state index contributed by atoms with van der Waals surface area (Å²) >= 11 is 1.87. The second kappa shape index (κ2) is 6.01. The summed E-state index contributed by atoms with van der Waals surface area (Å²) in [5.74, 6) is 2.97. The molecule has 0 aliphatic carbocycles. The average molecular weight is 239 g/mol. The van der Waals surface area contributed by atoms with Gasteiger partial charge in [0.05, 0.1) is 7.11 Å². The molecule has 1 aliphatic rings. The normalized spacial score (nSPS) is 17.1. The van der Waals surface area contributed by atoms with Gasteiger partial charge in [0.1, 0.15) is 11.5 Å². The minimum Gasteiger partial charge on any atom is -0.497 e. The molecule has 2 rings (SSSR count). The first-order valence-corrected chi connectivity index (χ1v) is 6.47. The highest BCUT2D eigenvalue weighted by Gasteiger charge is 2.10. The highest BCUT2D eigenvalue weighted by Crippen LogP contribution is 2.21. The second-order valence-corrected chi connectivity index (χ2v) is 4.88. The quantitative estimate of drug-likeness (QED) is 0.753. The fourth-order valence-electron chi connectivity index (χ4n) is 1.57. The summed E-state index contributed by atoms with van der Waals surface area (Å²) in [7, 11) is 1.67. The molecular formula is C12H17NO2S. The molecule has 1 aromatic rings. The van der Waals surface area contributed by atoms with Gasteiger partial charge in [-0.1, -0.05) is 11.9 Å². The molecule has 0 saturated carbocycles. The summed E-state index contributed by atoms with van der Waals surface area (Å²) in [5, 5.41) is 0. The zero-order chi connectivity index (χ0) is 11.2. The summed E-state index contributed by atoms with van der Waals surface area (Å²) < 4.78 is 13.1. The minimum atomic E-state index is 0.664. The predicted molar refractivity (Wildman–Crippen MR) is 66.9 cm³/mol. The Bertz CT molecular complexity index is 309. The van der Waals surface area contributed by atoms with Crippen LogP contribution >= 0.6 is 11.9 Å². The third kappa shape index (κ3) is 3.32. The Morgan fingerprint density at radius 2 is 1.94 bits per heavy atom. The van der Waals surface area contributed by atoms with E-state index in [1.807, 2.05) is 36.2 Å². The highest BCUT2D eigenvalue weighted by atomic mass is 32.2. The van der Waals surface area contributed by atoms with E-state index < -0.39 is 0 Å². The van der Waals surface area contributed by atoms with E-state index in [1.165, 1.54) is 18.6 Å². The van der Waals surface area contributed by atoms with E-state index in [9.17, 15) is 0 Å². The lowest BCUT2D eigenvalue weighted by atomic mass is 10.3. The molecule has 0 spiro atoms. The van der Waals surface area contributed by atoms with Crippen molar-refractivity contribution in [3.8, 4) is 11.5 Å². The number of rotatable bonds is 4. The molecule has 1 fully saturated rings. The molecule has 0 unspecified atom stereocenters. The number of hydrogen-bond donors (Lipinski definition) is 0. The van der Waals surface area contributed by atoms with Crippen molar-refractivity contribution in [1.82, 2.24) is 4.31 Å². The Morgan fingerprint density at radius 3 is 2.56 bits per heavy atom. The Morgan fingerprint density at radius 1 is 1.19 bits per heavy atom. The van der Waals surface area contributed by atoms with Crippen molar-refractivity contribution in [1.29, 1.82) is 0 Å². The molecule has 88 valence electrons. The summed E-state index contributed by atoms with van der Waals surface area (Å²) in [6, 6.07) is 7.71. The van der Waals surface area contributed by atoms with Gasteiger partial charge in [-0.3, -0.25) is 0 Å². The van der Waals surface area contributed by atoms with Gasteiger partial charge in [0.15, 0.2) is 6.73 Å². The summed E-state index contributed by atoms with van der Waals surface area (Å²) in [5.41, 5.74) is 0. The van der Waals surface area contributed by atoms with Crippen LogP contribution in [0.2, 0.25) is 0 Å². The van der Waals surface area contributed by atoms with Gasteiger partial charge >= 0.3 is 0 Å². The maximum atomic E-state index is 5.69. The largest absolute Gasteiger partial charge is 0.497 e.